The molecule has 2 aromatic rings. The molecule has 0 saturated heterocycles. The van der Waals surface area contributed by atoms with Crippen LogP contribution in [0, 0.1) is 0 Å². The predicted molar refractivity (Wildman–Crippen MR) is 62.6 cm³/mol. The van der Waals surface area contributed by atoms with Gasteiger partial charge in [0, 0.05) is 11.6 Å². The molecule has 0 atom stereocenters. The number of hydrogen-bond acceptors (Lipinski definition) is 4. The number of benzene rings is 1. The van der Waals surface area contributed by atoms with E-state index in [4.69, 9.17) is 14.9 Å². The highest BCUT2D eigenvalue weighted by Crippen LogP contribution is 2.23. The Bertz CT molecular complexity index is 500. The van der Waals surface area contributed by atoms with E-state index in [0.717, 1.165) is 0 Å². The second-order valence-electron chi connectivity index (χ2n) is 3.49. The molecule has 0 aliphatic heterocycles. The van der Waals surface area contributed by atoms with Crippen molar-refractivity contribution in [3.05, 3.63) is 53.7 Å². The first-order valence-corrected chi connectivity index (χ1v) is 5.27. The van der Waals surface area contributed by atoms with Gasteiger partial charge in [-0.1, -0.05) is 24.3 Å². The van der Waals surface area contributed by atoms with Crippen LogP contribution in [0.2, 0.25) is 0 Å². The van der Waals surface area contributed by atoms with E-state index in [-0.39, 0.29) is 13.2 Å². The van der Waals surface area contributed by atoms with Gasteiger partial charge in [0.1, 0.15) is 5.75 Å². The number of nitrogens with zero attached hydrogens (tertiary/aromatic N) is 1. The summed E-state index contributed by atoms with van der Waals surface area (Å²) in [6, 6.07) is 12.4. The Morgan fingerprint density at radius 3 is 2.53 bits per heavy atom. The van der Waals surface area contributed by atoms with E-state index in [9.17, 15) is 0 Å². The highest BCUT2D eigenvalue weighted by Gasteiger charge is 2.04. The Hall–Kier alpha value is -1.91. The van der Waals surface area contributed by atoms with Gasteiger partial charge in [-0.25, -0.2) is 4.98 Å². The highest BCUT2D eigenvalue weighted by molar-refractivity contribution is 5.35. The summed E-state index contributed by atoms with van der Waals surface area (Å²) in [5, 5.41) is 18.1. The van der Waals surface area contributed by atoms with E-state index >= 15 is 0 Å². The first kappa shape index (κ1) is 11.6. The summed E-state index contributed by atoms with van der Waals surface area (Å²) in [5.41, 5.74) is 1.24. The molecule has 0 unspecified atom stereocenters. The van der Waals surface area contributed by atoms with E-state index in [0.29, 0.717) is 22.9 Å². The van der Waals surface area contributed by atoms with Gasteiger partial charge < -0.3 is 14.9 Å². The molecule has 4 nitrogen and oxygen atoms in total. The number of ether oxygens (including phenoxy) is 1. The molecule has 1 aromatic carbocycles. The van der Waals surface area contributed by atoms with Gasteiger partial charge in [-0.3, -0.25) is 0 Å². The molecule has 0 radical (unpaired) electrons. The summed E-state index contributed by atoms with van der Waals surface area (Å²) in [6.45, 7) is -0.214. The molecule has 0 aliphatic rings. The molecule has 17 heavy (non-hydrogen) atoms. The van der Waals surface area contributed by atoms with Crippen LogP contribution in [0.15, 0.2) is 42.5 Å². The Morgan fingerprint density at radius 2 is 1.76 bits per heavy atom. The fourth-order valence-electron chi connectivity index (χ4n) is 1.45. The van der Waals surface area contributed by atoms with E-state index in [1.165, 1.54) is 0 Å². The Kier molecular flexibility index (Phi) is 3.69. The van der Waals surface area contributed by atoms with Crippen molar-refractivity contribution >= 4 is 0 Å². The van der Waals surface area contributed by atoms with Crippen LogP contribution in [0.1, 0.15) is 11.3 Å². The lowest BCUT2D eigenvalue weighted by Gasteiger charge is -2.09. The Labute approximate surface area is 99.1 Å². The summed E-state index contributed by atoms with van der Waals surface area (Å²) in [4.78, 5) is 4.11. The van der Waals surface area contributed by atoms with Gasteiger partial charge in [-0.15, -0.1) is 0 Å². The molecule has 0 bridgehead atoms. The number of pyridine rings is 1. The van der Waals surface area contributed by atoms with Gasteiger partial charge in [-0.05, 0) is 12.1 Å². The van der Waals surface area contributed by atoms with Gasteiger partial charge in [0.15, 0.2) is 0 Å². The quantitative estimate of drug-likeness (QED) is 0.843. The zero-order valence-corrected chi connectivity index (χ0v) is 9.21. The fourth-order valence-corrected chi connectivity index (χ4v) is 1.45. The van der Waals surface area contributed by atoms with Crippen LogP contribution in [0.3, 0.4) is 0 Å². The van der Waals surface area contributed by atoms with E-state index in [1.807, 2.05) is 12.1 Å². The summed E-state index contributed by atoms with van der Waals surface area (Å²) >= 11 is 0. The minimum absolute atomic E-state index is 0.0874. The van der Waals surface area contributed by atoms with E-state index < -0.39 is 0 Å². The molecule has 2 rings (SSSR count). The minimum atomic E-state index is -0.126. The third kappa shape index (κ3) is 2.81. The van der Waals surface area contributed by atoms with E-state index in [2.05, 4.69) is 4.98 Å². The Balaban J connectivity index is 2.24. The topological polar surface area (TPSA) is 62.6 Å². The van der Waals surface area contributed by atoms with Crippen LogP contribution < -0.4 is 4.74 Å². The van der Waals surface area contributed by atoms with Crippen molar-refractivity contribution in [1.82, 2.24) is 4.98 Å². The van der Waals surface area contributed by atoms with Crippen LogP contribution >= 0.6 is 0 Å². The molecule has 4 heteroatoms. The van der Waals surface area contributed by atoms with Gasteiger partial charge in [0.25, 0.3) is 0 Å². The summed E-state index contributed by atoms with van der Waals surface area (Å²) in [6.07, 6.45) is 0. The average molecular weight is 231 g/mol. The molecule has 0 amide bonds. The summed E-state index contributed by atoms with van der Waals surface area (Å²) in [5.74, 6) is 0.968. The van der Waals surface area contributed by atoms with Gasteiger partial charge in [-0.2, -0.15) is 0 Å². The number of aliphatic hydroxyl groups excluding tert-OH is 2. The van der Waals surface area contributed by atoms with Crippen molar-refractivity contribution in [2.45, 2.75) is 13.2 Å². The third-order valence-corrected chi connectivity index (χ3v) is 2.30. The van der Waals surface area contributed by atoms with Crippen molar-refractivity contribution in [2.75, 3.05) is 0 Å². The standard InChI is InChI=1S/C13H13NO3/c15-8-10-4-1-2-6-12(10)17-13-7-3-5-11(9-16)14-13/h1-7,15-16H,8-9H2. The molecule has 0 saturated carbocycles. The lowest BCUT2D eigenvalue weighted by atomic mass is 10.2. The molecule has 1 heterocycles. The van der Waals surface area contributed by atoms with Crippen LogP contribution in [0.4, 0.5) is 0 Å². The number of hydrogen-bond donors (Lipinski definition) is 2. The van der Waals surface area contributed by atoms with Gasteiger partial charge in [0.05, 0.1) is 18.9 Å². The van der Waals surface area contributed by atoms with Gasteiger partial charge in [0.2, 0.25) is 5.88 Å². The Morgan fingerprint density at radius 1 is 0.941 bits per heavy atom. The summed E-state index contributed by atoms with van der Waals surface area (Å²) in [7, 11) is 0. The highest BCUT2D eigenvalue weighted by atomic mass is 16.5. The molecular weight excluding hydrogens is 218 g/mol. The third-order valence-electron chi connectivity index (χ3n) is 2.30. The predicted octanol–water partition coefficient (Wildman–Crippen LogP) is 1.86. The van der Waals surface area contributed by atoms with E-state index in [1.54, 1.807) is 30.3 Å². The lowest BCUT2D eigenvalue weighted by Crippen LogP contribution is -1.95. The van der Waals surface area contributed by atoms with Crippen LogP contribution in [0.25, 0.3) is 0 Å². The molecule has 0 aliphatic carbocycles. The van der Waals surface area contributed by atoms with Crippen molar-refractivity contribution in [3.8, 4) is 11.6 Å². The number of aromatic nitrogens is 1. The zero-order valence-electron chi connectivity index (χ0n) is 9.21. The van der Waals surface area contributed by atoms with Crippen molar-refractivity contribution in [3.63, 3.8) is 0 Å². The van der Waals surface area contributed by atoms with Crippen LogP contribution in [-0.4, -0.2) is 15.2 Å². The van der Waals surface area contributed by atoms with Gasteiger partial charge >= 0.3 is 0 Å². The molecule has 88 valence electrons. The SMILES string of the molecule is OCc1cccc(Oc2ccccc2CO)n1. The molecular formula is C13H13NO3. The second-order valence-corrected chi connectivity index (χ2v) is 3.49. The summed E-state index contributed by atoms with van der Waals surface area (Å²) < 4.78 is 5.56. The number of para-hydroxylation sites is 1. The first-order valence-electron chi connectivity index (χ1n) is 5.27. The average Bonchev–Trinajstić information content (AvgIpc) is 2.39. The van der Waals surface area contributed by atoms with Crippen molar-refractivity contribution < 1.29 is 14.9 Å². The normalized spacial score (nSPS) is 10.2. The smallest absolute Gasteiger partial charge is 0.219 e. The number of rotatable bonds is 4. The minimum Gasteiger partial charge on any atom is -0.439 e. The lowest BCUT2D eigenvalue weighted by molar-refractivity contribution is 0.272. The molecule has 2 N–H and O–H groups in total. The van der Waals surface area contributed by atoms with Crippen LogP contribution in [0.5, 0.6) is 11.6 Å². The molecule has 1 aromatic heterocycles. The fraction of sp³-hybridized carbons (Fsp3) is 0.154. The molecule has 0 spiro atoms. The first-order chi connectivity index (χ1) is 8.33. The maximum atomic E-state index is 9.16. The van der Waals surface area contributed by atoms with Crippen LogP contribution in [-0.2, 0) is 13.2 Å². The number of aliphatic hydroxyl groups is 2. The van der Waals surface area contributed by atoms with Crippen molar-refractivity contribution in [1.29, 1.82) is 0 Å². The maximum Gasteiger partial charge on any atom is 0.219 e. The van der Waals surface area contributed by atoms with Crippen molar-refractivity contribution in [2.24, 2.45) is 0 Å². The molecule has 0 fully saturated rings. The monoisotopic (exact) mass is 231 g/mol. The maximum absolute atomic E-state index is 9.16. The largest absolute Gasteiger partial charge is 0.439 e. The second kappa shape index (κ2) is 5.43. The zero-order chi connectivity index (χ0) is 12.1.